The van der Waals surface area contributed by atoms with E-state index in [2.05, 4.69) is 21.0 Å². The predicted molar refractivity (Wildman–Crippen MR) is 82.8 cm³/mol. The number of ether oxygens (including phenoxy) is 1. The summed E-state index contributed by atoms with van der Waals surface area (Å²) in [5.41, 5.74) is 1.55. The monoisotopic (exact) mass is 373 g/mol. The van der Waals surface area contributed by atoms with Crippen LogP contribution in [0.5, 0.6) is 5.75 Å². The number of nitro benzene ring substituents is 1. The number of benzene rings is 1. The van der Waals surface area contributed by atoms with Crippen molar-refractivity contribution in [2.75, 3.05) is 0 Å². The third-order valence-electron chi connectivity index (χ3n) is 2.94. The fraction of sp³-hybridized carbons (Fsp3) is 0.308. The molecule has 0 amide bonds. The second-order valence-electron chi connectivity index (χ2n) is 4.32. The molecule has 2 aromatic rings. The van der Waals surface area contributed by atoms with Crippen LogP contribution in [0.2, 0.25) is 5.02 Å². The molecule has 0 spiro atoms. The van der Waals surface area contributed by atoms with Crippen molar-refractivity contribution in [3.63, 3.8) is 0 Å². The normalized spacial score (nSPS) is 10.7. The molecule has 8 heteroatoms. The first kappa shape index (κ1) is 15.8. The molecule has 0 aliphatic carbocycles. The van der Waals surface area contributed by atoms with Crippen molar-refractivity contribution in [1.82, 2.24) is 9.78 Å². The molecule has 1 heterocycles. The second-order valence-corrected chi connectivity index (χ2v) is 5.55. The number of rotatable bonds is 5. The first-order chi connectivity index (χ1) is 9.93. The van der Waals surface area contributed by atoms with Crippen LogP contribution in [-0.4, -0.2) is 14.7 Å². The number of hydrogen-bond donors (Lipinski definition) is 0. The topological polar surface area (TPSA) is 70.2 Å². The van der Waals surface area contributed by atoms with Crippen LogP contribution < -0.4 is 4.74 Å². The molecular weight excluding hydrogens is 362 g/mol. The SMILES string of the molecule is CCn1nc(C)c(Br)c1COc1cc(Cl)ccc1[N+](=O)[O-]. The van der Waals surface area contributed by atoms with Gasteiger partial charge in [0.15, 0.2) is 5.75 Å². The van der Waals surface area contributed by atoms with E-state index in [-0.39, 0.29) is 18.0 Å². The van der Waals surface area contributed by atoms with Crippen LogP contribution in [0.1, 0.15) is 18.3 Å². The van der Waals surface area contributed by atoms with Gasteiger partial charge in [-0.05, 0) is 35.8 Å². The fourth-order valence-corrected chi connectivity index (χ4v) is 2.47. The fourth-order valence-electron chi connectivity index (χ4n) is 1.91. The van der Waals surface area contributed by atoms with Crippen molar-refractivity contribution in [1.29, 1.82) is 0 Å². The van der Waals surface area contributed by atoms with E-state index in [0.29, 0.717) is 11.6 Å². The summed E-state index contributed by atoms with van der Waals surface area (Å²) in [5, 5.41) is 15.7. The molecule has 0 saturated carbocycles. The molecule has 21 heavy (non-hydrogen) atoms. The van der Waals surface area contributed by atoms with Crippen LogP contribution in [0.4, 0.5) is 5.69 Å². The Morgan fingerprint density at radius 2 is 2.24 bits per heavy atom. The highest BCUT2D eigenvalue weighted by Crippen LogP contribution is 2.31. The van der Waals surface area contributed by atoms with Crippen molar-refractivity contribution in [3.05, 3.63) is 49.2 Å². The lowest BCUT2D eigenvalue weighted by molar-refractivity contribution is -0.385. The van der Waals surface area contributed by atoms with Crippen LogP contribution in [0.3, 0.4) is 0 Å². The second kappa shape index (κ2) is 6.44. The number of nitro groups is 1. The zero-order valence-corrected chi connectivity index (χ0v) is 13.8. The van der Waals surface area contributed by atoms with Crippen molar-refractivity contribution in [2.24, 2.45) is 0 Å². The maximum Gasteiger partial charge on any atom is 0.311 e. The minimum atomic E-state index is -0.497. The van der Waals surface area contributed by atoms with Gasteiger partial charge in [0.05, 0.1) is 20.8 Å². The first-order valence-electron chi connectivity index (χ1n) is 6.22. The van der Waals surface area contributed by atoms with Gasteiger partial charge in [-0.3, -0.25) is 14.8 Å². The van der Waals surface area contributed by atoms with E-state index in [1.165, 1.54) is 18.2 Å². The summed E-state index contributed by atoms with van der Waals surface area (Å²) in [6.45, 7) is 4.69. The largest absolute Gasteiger partial charge is 0.480 e. The summed E-state index contributed by atoms with van der Waals surface area (Å²) in [7, 11) is 0. The molecule has 1 aromatic carbocycles. The molecule has 112 valence electrons. The van der Waals surface area contributed by atoms with Gasteiger partial charge in [-0.25, -0.2) is 0 Å². The highest BCUT2D eigenvalue weighted by molar-refractivity contribution is 9.10. The molecule has 0 unspecified atom stereocenters. The molecule has 0 atom stereocenters. The van der Waals surface area contributed by atoms with E-state index >= 15 is 0 Å². The van der Waals surface area contributed by atoms with E-state index in [9.17, 15) is 10.1 Å². The van der Waals surface area contributed by atoms with Gasteiger partial charge in [-0.1, -0.05) is 11.6 Å². The van der Waals surface area contributed by atoms with Crippen LogP contribution in [-0.2, 0) is 13.2 Å². The quantitative estimate of drug-likeness (QED) is 0.583. The predicted octanol–water partition coefficient (Wildman–Crippen LogP) is 4.11. The van der Waals surface area contributed by atoms with Gasteiger partial charge in [0.2, 0.25) is 0 Å². The standard InChI is InChI=1S/C13H13BrClN3O3/c1-3-17-11(13(14)8(2)16-17)7-21-12-6-9(15)4-5-10(12)18(19)20/h4-6H,3,7H2,1-2H3. The van der Waals surface area contributed by atoms with Gasteiger partial charge < -0.3 is 4.74 Å². The lowest BCUT2D eigenvalue weighted by atomic mass is 10.3. The highest BCUT2D eigenvalue weighted by atomic mass is 79.9. The summed E-state index contributed by atoms with van der Waals surface area (Å²) in [6, 6.07) is 4.23. The molecule has 0 bridgehead atoms. The average molecular weight is 375 g/mol. The summed E-state index contributed by atoms with van der Waals surface area (Å²) in [4.78, 5) is 10.5. The van der Waals surface area contributed by atoms with Crippen molar-refractivity contribution >= 4 is 33.2 Å². The van der Waals surface area contributed by atoms with Crippen LogP contribution in [0.15, 0.2) is 22.7 Å². The van der Waals surface area contributed by atoms with E-state index in [1.54, 1.807) is 4.68 Å². The molecular formula is C13H13BrClN3O3. The Balaban J connectivity index is 2.28. The van der Waals surface area contributed by atoms with Crippen molar-refractivity contribution in [3.8, 4) is 5.75 Å². The average Bonchev–Trinajstić information content (AvgIpc) is 2.71. The smallest absolute Gasteiger partial charge is 0.311 e. The van der Waals surface area contributed by atoms with E-state index in [0.717, 1.165) is 15.9 Å². The van der Waals surface area contributed by atoms with Gasteiger partial charge >= 0.3 is 5.69 Å². The summed E-state index contributed by atoms with van der Waals surface area (Å²) >= 11 is 9.32. The van der Waals surface area contributed by atoms with Gasteiger partial charge in [0.1, 0.15) is 6.61 Å². The van der Waals surface area contributed by atoms with E-state index in [4.69, 9.17) is 16.3 Å². The van der Waals surface area contributed by atoms with Gasteiger partial charge in [0, 0.05) is 23.7 Å². The Labute approximate surface area is 134 Å². The summed E-state index contributed by atoms with van der Waals surface area (Å²) in [5.74, 6) is 0.140. The number of hydrogen-bond acceptors (Lipinski definition) is 4. The van der Waals surface area contributed by atoms with Crippen LogP contribution >= 0.6 is 27.5 Å². The third kappa shape index (κ3) is 3.36. The Kier molecular flexibility index (Phi) is 4.84. The Morgan fingerprint density at radius 3 is 2.86 bits per heavy atom. The van der Waals surface area contributed by atoms with Crippen molar-refractivity contribution in [2.45, 2.75) is 27.0 Å². The highest BCUT2D eigenvalue weighted by Gasteiger charge is 2.18. The summed E-state index contributed by atoms with van der Waals surface area (Å²) < 4.78 is 8.21. The Morgan fingerprint density at radius 1 is 1.52 bits per heavy atom. The molecule has 6 nitrogen and oxygen atoms in total. The number of aryl methyl sites for hydroxylation is 2. The number of aromatic nitrogens is 2. The Bertz CT molecular complexity index is 688. The molecule has 0 aliphatic rings. The molecule has 1 aromatic heterocycles. The zero-order valence-electron chi connectivity index (χ0n) is 11.5. The van der Waals surface area contributed by atoms with Gasteiger partial charge in [-0.15, -0.1) is 0 Å². The van der Waals surface area contributed by atoms with Gasteiger partial charge in [-0.2, -0.15) is 5.10 Å². The number of nitrogens with zero attached hydrogens (tertiary/aromatic N) is 3. The van der Waals surface area contributed by atoms with E-state index in [1.807, 2.05) is 13.8 Å². The number of halogens is 2. The van der Waals surface area contributed by atoms with Gasteiger partial charge in [0.25, 0.3) is 0 Å². The van der Waals surface area contributed by atoms with Crippen LogP contribution in [0, 0.1) is 17.0 Å². The lowest BCUT2D eigenvalue weighted by Crippen LogP contribution is -2.07. The lowest BCUT2D eigenvalue weighted by Gasteiger charge is -2.09. The van der Waals surface area contributed by atoms with E-state index < -0.39 is 4.92 Å². The maximum atomic E-state index is 11.0. The molecule has 0 aliphatic heterocycles. The Hall–Kier alpha value is -1.60. The molecule has 0 saturated heterocycles. The molecule has 0 radical (unpaired) electrons. The molecule has 2 rings (SSSR count). The zero-order chi connectivity index (χ0) is 15.6. The first-order valence-corrected chi connectivity index (χ1v) is 7.39. The minimum Gasteiger partial charge on any atom is -0.480 e. The maximum absolute atomic E-state index is 11.0. The van der Waals surface area contributed by atoms with Crippen molar-refractivity contribution < 1.29 is 9.66 Å². The van der Waals surface area contributed by atoms with Crippen LogP contribution in [0.25, 0.3) is 0 Å². The minimum absolute atomic E-state index is 0.116. The summed E-state index contributed by atoms with van der Waals surface area (Å²) in [6.07, 6.45) is 0. The third-order valence-corrected chi connectivity index (χ3v) is 4.20. The molecule has 0 N–H and O–H groups in total. The molecule has 0 fully saturated rings.